The van der Waals surface area contributed by atoms with Gasteiger partial charge in [0.05, 0.1) is 0 Å². The molecule has 5 nitrogen and oxygen atoms in total. The maximum atomic E-state index is 11.9. The SMILES string of the molecule is NC1CC1NC(=O)c1ccc2c(c1)CCC(=O)N2. The van der Waals surface area contributed by atoms with Gasteiger partial charge in [-0.3, -0.25) is 9.59 Å². The lowest BCUT2D eigenvalue weighted by atomic mass is 10.00. The first kappa shape index (κ1) is 11.2. The molecule has 5 heteroatoms. The first-order valence-electron chi connectivity index (χ1n) is 6.13. The smallest absolute Gasteiger partial charge is 0.251 e. The van der Waals surface area contributed by atoms with Crippen molar-refractivity contribution in [2.75, 3.05) is 5.32 Å². The van der Waals surface area contributed by atoms with Crippen LogP contribution in [0.25, 0.3) is 0 Å². The van der Waals surface area contributed by atoms with Gasteiger partial charge in [0.1, 0.15) is 0 Å². The Balaban J connectivity index is 1.77. The second kappa shape index (κ2) is 4.10. The van der Waals surface area contributed by atoms with Gasteiger partial charge in [-0.1, -0.05) is 0 Å². The van der Waals surface area contributed by atoms with Crippen LogP contribution in [0.5, 0.6) is 0 Å². The number of fused-ring (bicyclic) bond motifs is 1. The maximum Gasteiger partial charge on any atom is 0.251 e. The normalized spacial score (nSPS) is 25.1. The molecule has 94 valence electrons. The lowest BCUT2D eigenvalue weighted by Crippen LogP contribution is -2.30. The van der Waals surface area contributed by atoms with Crippen LogP contribution in [0.2, 0.25) is 0 Å². The monoisotopic (exact) mass is 245 g/mol. The van der Waals surface area contributed by atoms with Gasteiger partial charge in [0.2, 0.25) is 5.91 Å². The van der Waals surface area contributed by atoms with Gasteiger partial charge >= 0.3 is 0 Å². The van der Waals surface area contributed by atoms with Crippen LogP contribution in [-0.4, -0.2) is 23.9 Å². The van der Waals surface area contributed by atoms with Crippen LogP contribution < -0.4 is 16.4 Å². The number of nitrogens with two attached hydrogens (primary N) is 1. The Labute approximate surface area is 105 Å². The molecule has 2 aliphatic rings. The first-order valence-corrected chi connectivity index (χ1v) is 6.13. The number of hydrogen-bond acceptors (Lipinski definition) is 3. The molecule has 1 saturated carbocycles. The third-order valence-electron chi connectivity index (χ3n) is 3.42. The topological polar surface area (TPSA) is 84.2 Å². The molecule has 2 amide bonds. The van der Waals surface area contributed by atoms with Crippen molar-refractivity contribution >= 4 is 17.5 Å². The second-order valence-electron chi connectivity index (χ2n) is 4.90. The van der Waals surface area contributed by atoms with E-state index < -0.39 is 0 Å². The van der Waals surface area contributed by atoms with E-state index in [0.29, 0.717) is 18.4 Å². The minimum Gasteiger partial charge on any atom is -0.348 e. The highest BCUT2D eigenvalue weighted by atomic mass is 16.2. The standard InChI is InChI=1S/C13H15N3O2/c14-9-6-11(9)16-13(18)8-1-3-10-7(5-8)2-4-12(17)15-10/h1,3,5,9,11H,2,4,6,14H2,(H,15,17)(H,16,18). The molecule has 1 aromatic carbocycles. The van der Waals surface area contributed by atoms with Crippen molar-refractivity contribution in [1.29, 1.82) is 0 Å². The lowest BCUT2D eigenvalue weighted by Gasteiger charge is -2.17. The van der Waals surface area contributed by atoms with Crippen LogP contribution in [-0.2, 0) is 11.2 Å². The van der Waals surface area contributed by atoms with Gasteiger partial charge in [-0.15, -0.1) is 0 Å². The van der Waals surface area contributed by atoms with Gasteiger partial charge in [0.15, 0.2) is 0 Å². The molecule has 3 rings (SSSR count). The molecule has 1 aliphatic heterocycles. The summed E-state index contributed by atoms with van der Waals surface area (Å²) in [6.45, 7) is 0. The fourth-order valence-corrected chi connectivity index (χ4v) is 2.16. The minimum absolute atomic E-state index is 0.0312. The number of anilines is 1. The zero-order chi connectivity index (χ0) is 12.7. The Bertz CT molecular complexity index is 527. The Morgan fingerprint density at radius 3 is 2.89 bits per heavy atom. The van der Waals surface area contributed by atoms with Crippen molar-refractivity contribution in [1.82, 2.24) is 5.32 Å². The van der Waals surface area contributed by atoms with Gasteiger partial charge in [-0.05, 0) is 36.6 Å². The number of benzene rings is 1. The van der Waals surface area contributed by atoms with E-state index in [2.05, 4.69) is 10.6 Å². The Kier molecular flexibility index (Phi) is 2.56. The summed E-state index contributed by atoms with van der Waals surface area (Å²) in [5.74, 6) is -0.0590. The third-order valence-corrected chi connectivity index (χ3v) is 3.42. The van der Waals surface area contributed by atoms with E-state index in [1.54, 1.807) is 12.1 Å². The highest BCUT2D eigenvalue weighted by molar-refractivity contribution is 5.98. The Morgan fingerprint density at radius 2 is 2.17 bits per heavy atom. The molecule has 1 fully saturated rings. The minimum atomic E-state index is -0.0901. The van der Waals surface area contributed by atoms with Gasteiger partial charge < -0.3 is 16.4 Å². The van der Waals surface area contributed by atoms with Crippen molar-refractivity contribution in [3.05, 3.63) is 29.3 Å². The highest BCUT2D eigenvalue weighted by Gasteiger charge is 2.34. The average molecular weight is 245 g/mol. The van der Waals surface area contributed by atoms with E-state index in [0.717, 1.165) is 17.7 Å². The summed E-state index contributed by atoms with van der Waals surface area (Å²) < 4.78 is 0. The molecular formula is C13H15N3O2. The zero-order valence-corrected chi connectivity index (χ0v) is 9.90. The fourth-order valence-electron chi connectivity index (χ4n) is 2.16. The second-order valence-corrected chi connectivity index (χ2v) is 4.90. The quantitative estimate of drug-likeness (QED) is 0.705. The summed E-state index contributed by atoms with van der Waals surface area (Å²) in [7, 11) is 0. The highest BCUT2D eigenvalue weighted by Crippen LogP contribution is 2.24. The molecule has 0 saturated heterocycles. The predicted molar refractivity (Wildman–Crippen MR) is 67.2 cm³/mol. The van der Waals surface area contributed by atoms with E-state index >= 15 is 0 Å². The van der Waals surface area contributed by atoms with Crippen molar-refractivity contribution in [2.24, 2.45) is 5.73 Å². The Hall–Kier alpha value is -1.88. The zero-order valence-electron chi connectivity index (χ0n) is 9.90. The molecule has 0 radical (unpaired) electrons. The average Bonchev–Trinajstić information content (AvgIpc) is 3.04. The van der Waals surface area contributed by atoms with Crippen LogP contribution >= 0.6 is 0 Å². The maximum absolute atomic E-state index is 11.9. The number of carbonyl (C=O) groups is 2. The molecule has 2 unspecified atom stereocenters. The van der Waals surface area contributed by atoms with E-state index in [9.17, 15) is 9.59 Å². The van der Waals surface area contributed by atoms with Crippen molar-refractivity contribution in [3.63, 3.8) is 0 Å². The number of rotatable bonds is 2. The van der Waals surface area contributed by atoms with E-state index in [-0.39, 0.29) is 23.9 Å². The molecule has 1 aromatic rings. The lowest BCUT2D eigenvalue weighted by molar-refractivity contribution is -0.116. The molecule has 0 bridgehead atoms. The molecule has 2 atom stereocenters. The van der Waals surface area contributed by atoms with Crippen LogP contribution in [0.3, 0.4) is 0 Å². The summed E-state index contributed by atoms with van der Waals surface area (Å²) in [4.78, 5) is 23.2. The van der Waals surface area contributed by atoms with E-state index in [1.807, 2.05) is 6.07 Å². The predicted octanol–water partition coefficient (Wildman–Crippen LogP) is 0.401. The number of amides is 2. The van der Waals surface area contributed by atoms with Gasteiger partial charge in [-0.2, -0.15) is 0 Å². The summed E-state index contributed by atoms with van der Waals surface area (Å²) in [6.07, 6.45) is 2.02. The van der Waals surface area contributed by atoms with E-state index in [1.165, 1.54) is 0 Å². The largest absolute Gasteiger partial charge is 0.348 e. The van der Waals surface area contributed by atoms with Crippen molar-refractivity contribution < 1.29 is 9.59 Å². The first-order chi connectivity index (χ1) is 8.63. The fraction of sp³-hybridized carbons (Fsp3) is 0.385. The van der Waals surface area contributed by atoms with Crippen LogP contribution in [0.4, 0.5) is 5.69 Å². The van der Waals surface area contributed by atoms with Gasteiger partial charge in [0, 0.05) is 29.8 Å². The van der Waals surface area contributed by atoms with Gasteiger partial charge in [0.25, 0.3) is 5.91 Å². The molecule has 18 heavy (non-hydrogen) atoms. The number of hydrogen-bond donors (Lipinski definition) is 3. The molecule has 1 heterocycles. The van der Waals surface area contributed by atoms with Gasteiger partial charge in [-0.25, -0.2) is 0 Å². The third kappa shape index (κ3) is 2.09. The summed E-state index contributed by atoms with van der Waals surface area (Å²) in [5, 5.41) is 5.68. The number of nitrogens with one attached hydrogen (secondary N) is 2. The Morgan fingerprint density at radius 1 is 1.39 bits per heavy atom. The summed E-state index contributed by atoms with van der Waals surface area (Å²) >= 11 is 0. The molecule has 0 aromatic heterocycles. The molecule has 1 aliphatic carbocycles. The van der Waals surface area contributed by atoms with Crippen LogP contribution in [0.15, 0.2) is 18.2 Å². The summed E-state index contributed by atoms with van der Waals surface area (Å²) in [5.41, 5.74) is 8.11. The van der Waals surface area contributed by atoms with Crippen LogP contribution in [0.1, 0.15) is 28.8 Å². The summed E-state index contributed by atoms with van der Waals surface area (Å²) in [6, 6.07) is 5.58. The molecule has 0 spiro atoms. The number of carbonyl (C=O) groups excluding carboxylic acids is 2. The van der Waals surface area contributed by atoms with Crippen LogP contribution in [0, 0.1) is 0 Å². The number of aryl methyl sites for hydroxylation is 1. The molecule has 4 N–H and O–H groups in total. The van der Waals surface area contributed by atoms with Crippen molar-refractivity contribution in [3.8, 4) is 0 Å². The van der Waals surface area contributed by atoms with E-state index in [4.69, 9.17) is 5.73 Å². The van der Waals surface area contributed by atoms with Crippen molar-refractivity contribution in [2.45, 2.75) is 31.3 Å². The molecular weight excluding hydrogens is 230 g/mol.